The molecule has 3 N–H and O–H groups in total. The molecule has 1 amide bonds. The zero-order chi connectivity index (χ0) is 16.1. The van der Waals surface area contributed by atoms with Crippen LogP contribution in [0.1, 0.15) is 15.9 Å². The van der Waals surface area contributed by atoms with E-state index >= 15 is 0 Å². The van der Waals surface area contributed by atoms with Gasteiger partial charge in [-0.25, -0.2) is 4.39 Å². The van der Waals surface area contributed by atoms with Gasteiger partial charge in [0.05, 0.1) is 6.61 Å². The number of nitrogens with one attached hydrogen (secondary N) is 1. The molecule has 0 heterocycles. The summed E-state index contributed by atoms with van der Waals surface area (Å²) in [5.41, 5.74) is 1.33. The van der Waals surface area contributed by atoms with E-state index in [2.05, 4.69) is 5.32 Å². The first-order valence-electron chi connectivity index (χ1n) is 6.55. The number of rotatable bonds is 5. The van der Waals surface area contributed by atoms with Gasteiger partial charge in [-0.3, -0.25) is 4.79 Å². The van der Waals surface area contributed by atoms with Crippen LogP contribution in [0.15, 0.2) is 42.5 Å². The average Bonchev–Trinajstić information content (AvgIpc) is 2.47. The van der Waals surface area contributed by atoms with E-state index in [-0.39, 0.29) is 11.0 Å². The lowest BCUT2D eigenvalue weighted by Gasteiger charge is -2.09. The van der Waals surface area contributed by atoms with Crippen molar-refractivity contribution in [3.8, 4) is 0 Å². The minimum atomic E-state index is -1.84. The van der Waals surface area contributed by atoms with Crippen LogP contribution in [-0.4, -0.2) is 30.2 Å². The summed E-state index contributed by atoms with van der Waals surface area (Å²) in [5, 5.41) is 20.8. The van der Waals surface area contributed by atoms with E-state index in [9.17, 15) is 9.18 Å². The standard InChI is InChI=1S/C15H15BFNO4/c1-22-9-10-3-2-4-14(5-10)18-15(19)11-6-12(16(20)21)8-13(17)7-11/h2-8,20-21H,9H2,1H3,(H,18,19). The van der Waals surface area contributed by atoms with Gasteiger partial charge in [0.2, 0.25) is 0 Å². The summed E-state index contributed by atoms with van der Waals surface area (Å²) in [7, 11) is -0.271. The molecule has 2 rings (SSSR count). The molecule has 0 spiro atoms. The van der Waals surface area contributed by atoms with E-state index in [4.69, 9.17) is 14.8 Å². The Balaban J connectivity index is 2.20. The van der Waals surface area contributed by atoms with Crippen LogP contribution in [0.25, 0.3) is 0 Å². The molecule has 2 aromatic carbocycles. The summed E-state index contributed by atoms with van der Waals surface area (Å²) in [6.45, 7) is 0.407. The van der Waals surface area contributed by atoms with Crippen LogP contribution in [-0.2, 0) is 11.3 Å². The van der Waals surface area contributed by atoms with Crippen LogP contribution >= 0.6 is 0 Å². The first kappa shape index (κ1) is 16.2. The highest BCUT2D eigenvalue weighted by Gasteiger charge is 2.16. The van der Waals surface area contributed by atoms with E-state index in [0.717, 1.165) is 17.7 Å². The molecule has 0 atom stereocenters. The van der Waals surface area contributed by atoms with Crippen molar-refractivity contribution in [2.75, 3.05) is 12.4 Å². The molecule has 0 saturated heterocycles. The number of carbonyl (C=O) groups is 1. The quantitative estimate of drug-likeness (QED) is 0.717. The highest BCUT2D eigenvalue weighted by atomic mass is 19.1. The number of methoxy groups -OCH3 is 1. The van der Waals surface area contributed by atoms with Crippen molar-refractivity contribution in [3.63, 3.8) is 0 Å². The highest BCUT2D eigenvalue weighted by Crippen LogP contribution is 2.13. The molecule has 0 aliphatic carbocycles. The Morgan fingerprint density at radius 2 is 2.05 bits per heavy atom. The average molecular weight is 303 g/mol. The van der Waals surface area contributed by atoms with Crippen LogP contribution in [0.4, 0.5) is 10.1 Å². The van der Waals surface area contributed by atoms with Crippen molar-refractivity contribution in [2.45, 2.75) is 6.61 Å². The van der Waals surface area contributed by atoms with Gasteiger partial charge in [0.1, 0.15) is 5.82 Å². The molecule has 0 saturated carbocycles. The first-order chi connectivity index (χ1) is 10.5. The van der Waals surface area contributed by atoms with Crippen LogP contribution in [0.3, 0.4) is 0 Å². The van der Waals surface area contributed by atoms with Crippen LogP contribution in [0.5, 0.6) is 0 Å². The molecule has 5 nitrogen and oxygen atoms in total. The predicted octanol–water partition coefficient (Wildman–Crippen LogP) is 0.904. The second-order valence-electron chi connectivity index (χ2n) is 4.73. The van der Waals surface area contributed by atoms with E-state index in [1.165, 1.54) is 6.07 Å². The topological polar surface area (TPSA) is 78.8 Å². The van der Waals surface area contributed by atoms with Gasteiger partial charge in [0.25, 0.3) is 5.91 Å². The second-order valence-corrected chi connectivity index (χ2v) is 4.73. The Bertz CT molecular complexity index is 678. The normalized spacial score (nSPS) is 10.4. The van der Waals surface area contributed by atoms with Gasteiger partial charge < -0.3 is 20.1 Å². The Labute approximate surface area is 127 Å². The summed E-state index contributed by atoms with van der Waals surface area (Å²) in [6, 6.07) is 10.3. The Hall–Kier alpha value is -2.22. The lowest BCUT2D eigenvalue weighted by molar-refractivity contribution is 0.102. The fourth-order valence-electron chi connectivity index (χ4n) is 2.00. The number of carbonyl (C=O) groups excluding carboxylic acids is 1. The number of hydrogen-bond acceptors (Lipinski definition) is 4. The summed E-state index contributed by atoms with van der Waals surface area (Å²) >= 11 is 0. The van der Waals surface area contributed by atoms with Crippen molar-refractivity contribution >= 4 is 24.2 Å². The van der Waals surface area contributed by atoms with E-state index < -0.39 is 18.8 Å². The molecule has 22 heavy (non-hydrogen) atoms. The third kappa shape index (κ3) is 4.14. The van der Waals surface area contributed by atoms with Crippen LogP contribution in [0.2, 0.25) is 0 Å². The maximum absolute atomic E-state index is 13.4. The van der Waals surface area contributed by atoms with Crippen molar-refractivity contribution < 1.29 is 24.0 Å². The molecule has 2 aromatic rings. The lowest BCUT2D eigenvalue weighted by atomic mass is 9.79. The van der Waals surface area contributed by atoms with Crippen molar-refractivity contribution in [1.29, 1.82) is 0 Å². The van der Waals surface area contributed by atoms with Crippen LogP contribution in [0, 0.1) is 5.82 Å². The third-order valence-corrected chi connectivity index (χ3v) is 2.98. The van der Waals surface area contributed by atoms with Gasteiger partial charge >= 0.3 is 7.12 Å². The van der Waals surface area contributed by atoms with E-state index in [1.54, 1.807) is 25.3 Å². The SMILES string of the molecule is COCc1cccc(NC(=O)c2cc(F)cc(B(O)O)c2)c1. The molecule has 0 aliphatic heterocycles. The number of ether oxygens (including phenoxy) is 1. The predicted molar refractivity (Wildman–Crippen MR) is 81.3 cm³/mol. The molecule has 0 radical (unpaired) electrons. The Morgan fingerprint density at radius 3 is 2.73 bits per heavy atom. The lowest BCUT2D eigenvalue weighted by Crippen LogP contribution is -2.31. The van der Waals surface area contributed by atoms with Gasteiger partial charge in [0, 0.05) is 18.4 Å². The fraction of sp³-hybridized carbons (Fsp3) is 0.133. The fourth-order valence-corrected chi connectivity index (χ4v) is 2.00. The van der Waals surface area contributed by atoms with Gasteiger partial charge in [-0.15, -0.1) is 0 Å². The number of anilines is 1. The van der Waals surface area contributed by atoms with E-state index in [0.29, 0.717) is 12.3 Å². The molecular formula is C15H15BFNO4. The van der Waals surface area contributed by atoms with Crippen LogP contribution < -0.4 is 10.8 Å². The van der Waals surface area contributed by atoms with Crippen molar-refractivity contribution in [1.82, 2.24) is 0 Å². The number of halogens is 1. The molecular weight excluding hydrogens is 288 g/mol. The largest absolute Gasteiger partial charge is 0.488 e. The zero-order valence-electron chi connectivity index (χ0n) is 11.9. The van der Waals surface area contributed by atoms with Gasteiger partial charge in [-0.1, -0.05) is 12.1 Å². The van der Waals surface area contributed by atoms with Crippen molar-refractivity contribution in [3.05, 3.63) is 59.4 Å². The molecule has 0 aliphatic rings. The highest BCUT2D eigenvalue weighted by molar-refractivity contribution is 6.58. The molecule has 0 fully saturated rings. The number of benzene rings is 2. The molecule has 0 bridgehead atoms. The number of hydrogen-bond donors (Lipinski definition) is 3. The smallest absolute Gasteiger partial charge is 0.423 e. The minimum absolute atomic E-state index is 0.000226. The van der Waals surface area contributed by atoms with Gasteiger partial charge in [0.15, 0.2) is 0 Å². The molecule has 0 unspecified atom stereocenters. The minimum Gasteiger partial charge on any atom is -0.423 e. The molecule has 114 valence electrons. The van der Waals surface area contributed by atoms with Gasteiger partial charge in [-0.05, 0) is 41.4 Å². The monoisotopic (exact) mass is 303 g/mol. The summed E-state index contributed by atoms with van der Waals surface area (Å²) in [6.07, 6.45) is 0. The Morgan fingerprint density at radius 1 is 1.27 bits per heavy atom. The summed E-state index contributed by atoms with van der Waals surface area (Å²) < 4.78 is 18.4. The molecule has 7 heteroatoms. The van der Waals surface area contributed by atoms with Crippen molar-refractivity contribution in [2.24, 2.45) is 0 Å². The third-order valence-electron chi connectivity index (χ3n) is 2.98. The number of amides is 1. The summed E-state index contributed by atoms with van der Waals surface area (Å²) in [4.78, 5) is 12.1. The summed E-state index contributed by atoms with van der Waals surface area (Å²) in [5.74, 6) is -1.26. The van der Waals surface area contributed by atoms with E-state index in [1.807, 2.05) is 6.07 Å². The Kier molecular flexibility index (Phi) is 5.27. The maximum Gasteiger partial charge on any atom is 0.488 e. The zero-order valence-corrected chi connectivity index (χ0v) is 11.9. The van der Waals surface area contributed by atoms with Gasteiger partial charge in [-0.2, -0.15) is 0 Å². The first-order valence-corrected chi connectivity index (χ1v) is 6.55. The second kappa shape index (κ2) is 7.17. The maximum atomic E-state index is 13.4. The molecule has 0 aromatic heterocycles.